The van der Waals surface area contributed by atoms with E-state index in [0.717, 1.165) is 19.3 Å². The molecule has 0 N–H and O–H groups in total. The van der Waals surface area contributed by atoms with Gasteiger partial charge < -0.3 is 9.47 Å². The van der Waals surface area contributed by atoms with Gasteiger partial charge in [0.25, 0.3) is 0 Å². The zero-order valence-corrected chi connectivity index (χ0v) is 9.85. The largest absolute Gasteiger partial charge is 0.465 e. The van der Waals surface area contributed by atoms with Crippen molar-refractivity contribution in [1.82, 2.24) is 0 Å². The lowest BCUT2D eigenvalue weighted by atomic mass is 9.66. The minimum absolute atomic E-state index is 0.0296. The summed E-state index contributed by atoms with van der Waals surface area (Å²) >= 11 is 0. The van der Waals surface area contributed by atoms with Gasteiger partial charge in [0.1, 0.15) is 6.10 Å². The minimum atomic E-state index is -0.243. The van der Waals surface area contributed by atoms with Gasteiger partial charge in [-0.25, -0.2) is 0 Å². The summed E-state index contributed by atoms with van der Waals surface area (Å²) in [6.45, 7) is 1.93. The van der Waals surface area contributed by atoms with Crippen LogP contribution in [-0.4, -0.2) is 24.6 Å². The number of ether oxygens (including phenoxy) is 2. The summed E-state index contributed by atoms with van der Waals surface area (Å²) in [4.78, 5) is 22.8. The van der Waals surface area contributed by atoms with Crippen molar-refractivity contribution in [2.75, 3.05) is 6.61 Å². The Kier molecular flexibility index (Phi) is 2.28. The van der Waals surface area contributed by atoms with Crippen molar-refractivity contribution in [3.8, 4) is 0 Å². The SMILES string of the molecule is CC(=O)O[C@H]1CC[C@@]23COC(=O)[C@@H]2CC=C[C@H]13. The van der Waals surface area contributed by atoms with Crippen LogP contribution in [0.5, 0.6) is 0 Å². The number of carbonyl (C=O) groups is 2. The maximum Gasteiger partial charge on any atom is 0.309 e. The van der Waals surface area contributed by atoms with Gasteiger partial charge in [-0.2, -0.15) is 0 Å². The van der Waals surface area contributed by atoms with E-state index in [1.165, 1.54) is 6.92 Å². The molecule has 17 heavy (non-hydrogen) atoms. The van der Waals surface area contributed by atoms with Crippen molar-refractivity contribution >= 4 is 11.9 Å². The molecule has 92 valence electrons. The number of esters is 2. The molecule has 3 aliphatic rings. The summed E-state index contributed by atoms with van der Waals surface area (Å²) in [5, 5.41) is 0. The molecule has 0 bridgehead atoms. The first kappa shape index (κ1) is 10.8. The molecule has 3 rings (SSSR count). The summed E-state index contributed by atoms with van der Waals surface area (Å²) in [7, 11) is 0. The third kappa shape index (κ3) is 1.43. The van der Waals surface area contributed by atoms with E-state index in [0.29, 0.717) is 6.61 Å². The van der Waals surface area contributed by atoms with Crippen molar-refractivity contribution in [1.29, 1.82) is 0 Å². The lowest BCUT2D eigenvalue weighted by Gasteiger charge is -2.36. The third-order valence-corrected chi connectivity index (χ3v) is 4.45. The zero-order valence-electron chi connectivity index (χ0n) is 9.85. The van der Waals surface area contributed by atoms with Crippen LogP contribution in [0.2, 0.25) is 0 Å². The molecule has 4 heteroatoms. The van der Waals surface area contributed by atoms with Crippen LogP contribution in [0.1, 0.15) is 26.2 Å². The normalized spacial score (nSPS) is 42.9. The molecule has 0 amide bonds. The number of cyclic esters (lactones) is 1. The molecule has 1 saturated carbocycles. The van der Waals surface area contributed by atoms with Gasteiger partial charge in [0.05, 0.1) is 12.5 Å². The Bertz CT molecular complexity index is 400. The van der Waals surface area contributed by atoms with Crippen LogP contribution in [0.15, 0.2) is 12.2 Å². The summed E-state index contributed by atoms with van der Waals surface area (Å²) in [6, 6.07) is 0. The van der Waals surface area contributed by atoms with Crippen molar-refractivity contribution in [3.63, 3.8) is 0 Å². The molecule has 1 spiro atoms. The minimum Gasteiger partial charge on any atom is -0.465 e. The van der Waals surface area contributed by atoms with Crippen molar-refractivity contribution in [2.24, 2.45) is 17.3 Å². The molecule has 2 aliphatic carbocycles. The lowest BCUT2D eigenvalue weighted by molar-refractivity contribution is -0.148. The first-order valence-electron chi connectivity index (χ1n) is 6.14. The molecule has 1 saturated heterocycles. The fraction of sp³-hybridized carbons (Fsp3) is 0.692. The highest BCUT2D eigenvalue weighted by atomic mass is 16.6. The zero-order chi connectivity index (χ0) is 12.0. The standard InChI is InChI=1S/C13H16O4/c1-8(14)17-11-5-6-13-7-16-12(15)10(13)4-2-3-9(11)13/h2-3,9-11H,4-7H2,1H3/t9-,10+,11+,13+/m1/s1. The maximum atomic E-state index is 11.7. The van der Waals surface area contributed by atoms with Crippen molar-refractivity contribution in [3.05, 3.63) is 12.2 Å². The van der Waals surface area contributed by atoms with Gasteiger partial charge in [-0.3, -0.25) is 9.59 Å². The van der Waals surface area contributed by atoms with Gasteiger partial charge in [-0.05, 0) is 19.3 Å². The molecule has 1 aliphatic heterocycles. The van der Waals surface area contributed by atoms with Crippen LogP contribution < -0.4 is 0 Å². The first-order chi connectivity index (χ1) is 8.13. The van der Waals surface area contributed by atoms with Gasteiger partial charge in [0.15, 0.2) is 0 Å². The summed E-state index contributed by atoms with van der Waals surface area (Å²) in [6.07, 6.45) is 6.57. The van der Waals surface area contributed by atoms with Crippen LogP contribution >= 0.6 is 0 Å². The van der Waals surface area contributed by atoms with E-state index < -0.39 is 0 Å². The fourth-order valence-electron chi connectivity index (χ4n) is 3.70. The van der Waals surface area contributed by atoms with E-state index >= 15 is 0 Å². The van der Waals surface area contributed by atoms with E-state index in [4.69, 9.17) is 9.47 Å². The van der Waals surface area contributed by atoms with E-state index in [1.54, 1.807) is 0 Å². The first-order valence-corrected chi connectivity index (χ1v) is 6.14. The second-order valence-electron chi connectivity index (χ2n) is 5.27. The smallest absolute Gasteiger partial charge is 0.309 e. The quantitative estimate of drug-likeness (QED) is 0.510. The molecule has 2 fully saturated rings. The average molecular weight is 236 g/mol. The highest BCUT2D eigenvalue weighted by Crippen LogP contribution is 2.57. The summed E-state index contributed by atoms with van der Waals surface area (Å²) in [5.41, 5.74) is -0.105. The van der Waals surface area contributed by atoms with Crippen LogP contribution in [0.4, 0.5) is 0 Å². The van der Waals surface area contributed by atoms with Crippen molar-refractivity contribution < 1.29 is 19.1 Å². The number of allylic oxidation sites excluding steroid dienone is 1. The molecule has 0 aromatic rings. The van der Waals surface area contributed by atoms with E-state index in [-0.39, 0.29) is 35.3 Å². The van der Waals surface area contributed by atoms with Gasteiger partial charge in [-0.15, -0.1) is 0 Å². The number of hydrogen-bond donors (Lipinski definition) is 0. The summed E-state index contributed by atoms with van der Waals surface area (Å²) < 4.78 is 10.6. The molecule has 0 radical (unpaired) electrons. The van der Waals surface area contributed by atoms with E-state index in [9.17, 15) is 9.59 Å². The molecule has 0 aromatic heterocycles. The lowest BCUT2D eigenvalue weighted by Crippen LogP contribution is -2.39. The predicted molar refractivity (Wildman–Crippen MR) is 58.9 cm³/mol. The van der Waals surface area contributed by atoms with Gasteiger partial charge in [0.2, 0.25) is 0 Å². The van der Waals surface area contributed by atoms with E-state index in [1.807, 2.05) is 6.08 Å². The number of carbonyl (C=O) groups excluding carboxylic acids is 2. The second-order valence-corrected chi connectivity index (χ2v) is 5.27. The Labute approximate surface area is 100.0 Å². The summed E-state index contributed by atoms with van der Waals surface area (Å²) in [5.74, 6) is -0.203. The van der Waals surface area contributed by atoms with Crippen LogP contribution in [0, 0.1) is 17.3 Å². The molecule has 0 unspecified atom stereocenters. The molecule has 1 heterocycles. The van der Waals surface area contributed by atoms with Crippen LogP contribution in [0.25, 0.3) is 0 Å². The molecular weight excluding hydrogens is 220 g/mol. The van der Waals surface area contributed by atoms with Crippen LogP contribution in [0.3, 0.4) is 0 Å². The van der Waals surface area contributed by atoms with Crippen molar-refractivity contribution in [2.45, 2.75) is 32.3 Å². The Morgan fingerprint density at radius 2 is 2.41 bits per heavy atom. The second kappa shape index (κ2) is 3.59. The topological polar surface area (TPSA) is 52.6 Å². The highest BCUT2D eigenvalue weighted by Gasteiger charge is 2.60. The van der Waals surface area contributed by atoms with E-state index in [2.05, 4.69) is 6.08 Å². The number of rotatable bonds is 1. The average Bonchev–Trinajstić information content (AvgIpc) is 2.80. The Hall–Kier alpha value is -1.32. The number of hydrogen-bond acceptors (Lipinski definition) is 4. The molecular formula is C13H16O4. The van der Waals surface area contributed by atoms with Gasteiger partial charge >= 0.3 is 11.9 Å². The Morgan fingerprint density at radius 3 is 3.18 bits per heavy atom. The highest BCUT2D eigenvalue weighted by molar-refractivity contribution is 5.76. The molecule has 4 nitrogen and oxygen atoms in total. The fourth-order valence-corrected chi connectivity index (χ4v) is 3.70. The third-order valence-electron chi connectivity index (χ3n) is 4.45. The Balaban J connectivity index is 1.90. The van der Waals surface area contributed by atoms with Gasteiger partial charge in [-0.1, -0.05) is 12.2 Å². The van der Waals surface area contributed by atoms with Gasteiger partial charge in [0, 0.05) is 18.3 Å². The Morgan fingerprint density at radius 1 is 1.59 bits per heavy atom. The monoisotopic (exact) mass is 236 g/mol. The maximum absolute atomic E-state index is 11.7. The predicted octanol–water partition coefficient (Wildman–Crippen LogP) is 1.45. The molecule has 0 aromatic carbocycles. The van der Waals surface area contributed by atoms with Crippen LogP contribution in [-0.2, 0) is 19.1 Å². The molecule has 4 atom stereocenters.